The lowest BCUT2D eigenvalue weighted by atomic mass is 10.1. The summed E-state index contributed by atoms with van der Waals surface area (Å²) in [7, 11) is 0. The van der Waals surface area contributed by atoms with Crippen molar-refractivity contribution >= 4 is 17.7 Å². The van der Waals surface area contributed by atoms with Gasteiger partial charge in [-0.2, -0.15) is 11.8 Å². The van der Waals surface area contributed by atoms with E-state index in [1.807, 2.05) is 11.8 Å². The van der Waals surface area contributed by atoms with Crippen LogP contribution in [0.25, 0.3) is 0 Å². The van der Waals surface area contributed by atoms with Crippen LogP contribution in [0.4, 0.5) is 0 Å². The van der Waals surface area contributed by atoms with E-state index in [2.05, 4.69) is 33.7 Å². The molecule has 0 saturated carbocycles. The topological polar surface area (TPSA) is 39.7 Å². The minimum absolute atomic E-state index is 0.897. The van der Waals surface area contributed by atoms with E-state index in [1.165, 1.54) is 32.4 Å². The van der Waals surface area contributed by atoms with Crippen LogP contribution < -0.4 is 10.6 Å². The Bertz CT molecular complexity index is 227. The lowest BCUT2D eigenvalue weighted by molar-refractivity contribution is 0.235. The van der Waals surface area contributed by atoms with Crippen LogP contribution in [-0.4, -0.2) is 62.1 Å². The van der Waals surface area contributed by atoms with E-state index in [0.29, 0.717) is 0 Å². The average Bonchev–Trinajstić information content (AvgIpc) is 2.40. The van der Waals surface area contributed by atoms with Crippen LogP contribution in [0.3, 0.4) is 0 Å². The summed E-state index contributed by atoms with van der Waals surface area (Å²) >= 11 is 1.85. The van der Waals surface area contributed by atoms with Gasteiger partial charge in [0.05, 0.1) is 6.54 Å². The number of rotatable bonds is 7. The zero-order valence-electron chi connectivity index (χ0n) is 11.9. The molecule has 18 heavy (non-hydrogen) atoms. The third-order valence-corrected chi connectivity index (χ3v) is 3.69. The van der Waals surface area contributed by atoms with Gasteiger partial charge in [0.15, 0.2) is 5.96 Å². The van der Waals surface area contributed by atoms with Gasteiger partial charge in [0, 0.05) is 25.4 Å². The Kier molecular flexibility index (Phi) is 9.12. The zero-order chi connectivity index (χ0) is 13.1. The van der Waals surface area contributed by atoms with Gasteiger partial charge in [-0.1, -0.05) is 6.42 Å². The third kappa shape index (κ3) is 7.11. The zero-order valence-corrected chi connectivity index (χ0v) is 12.7. The van der Waals surface area contributed by atoms with E-state index in [0.717, 1.165) is 37.9 Å². The molecule has 1 aliphatic rings. The van der Waals surface area contributed by atoms with Gasteiger partial charge in [-0.3, -0.25) is 4.99 Å². The van der Waals surface area contributed by atoms with Crippen LogP contribution in [0.5, 0.6) is 0 Å². The quantitative estimate of drug-likeness (QED) is 0.417. The summed E-state index contributed by atoms with van der Waals surface area (Å²) in [4.78, 5) is 7.15. The molecule has 0 atom stereocenters. The fourth-order valence-electron chi connectivity index (χ4n) is 2.10. The third-order valence-electron chi connectivity index (χ3n) is 3.08. The average molecular weight is 272 g/mol. The predicted molar refractivity (Wildman–Crippen MR) is 82.7 cm³/mol. The highest BCUT2D eigenvalue weighted by Crippen LogP contribution is 2.07. The summed E-state index contributed by atoms with van der Waals surface area (Å²) < 4.78 is 0. The number of hydrogen-bond donors (Lipinski definition) is 2. The van der Waals surface area contributed by atoms with Crippen molar-refractivity contribution in [3.63, 3.8) is 0 Å². The molecule has 0 aliphatic carbocycles. The summed E-state index contributed by atoms with van der Waals surface area (Å²) in [6.07, 6.45) is 6.24. The van der Waals surface area contributed by atoms with Crippen molar-refractivity contribution in [1.82, 2.24) is 15.5 Å². The highest BCUT2D eigenvalue weighted by atomic mass is 32.2. The number of piperidine rings is 1. The molecular formula is C13H28N4S. The lowest BCUT2D eigenvalue weighted by Crippen LogP contribution is -2.39. The molecular weight excluding hydrogens is 244 g/mol. The van der Waals surface area contributed by atoms with Gasteiger partial charge in [0.25, 0.3) is 0 Å². The second kappa shape index (κ2) is 10.5. The Morgan fingerprint density at radius 2 is 2.00 bits per heavy atom. The van der Waals surface area contributed by atoms with Crippen LogP contribution >= 0.6 is 11.8 Å². The molecule has 4 nitrogen and oxygen atoms in total. The fourth-order valence-corrected chi connectivity index (χ4v) is 2.41. The molecule has 5 heteroatoms. The van der Waals surface area contributed by atoms with Gasteiger partial charge in [0.1, 0.15) is 0 Å². The Morgan fingerprint density at radius 3 is 2.67 bits per heavy atom. The fraction of sp³-hybridized carbons (Fsp3) is 0.923. The van der Waals surface area contributed by atoms with E-state index < -0.39 is 0 Å². The van der Waals surface area contributed by atoms with Crippen molar-refractivity contribution in [2.75, 3.05) is 51.3 Å². The van der Waals surface area contributed by atoms with Gasteiger partial charge >= 0.3 is 0 Å². The molecule has 1 aliphatic heterocycles. The largest absolute Gasteiger partial charge is 0.357 e. The van der Waals surface area contributed by atoms with Gasteiger partial charge < -0.3 is 15.5 Å². The standard InChI is InChI=1S/C13H28N4S/c1-3-14-13(16-8-12-18-2)15-7-11-17-9-5-4-6-10-17/h3-12H2,1-2H3,(H2,14,15,16). The molecule has 1 saturated heterocycles. The number of guanidine groups is 1. The van der Waals surface area contributed by atoms with Gasteiger partial charge in [-0.15, -0.1) is 0 Å². The first-order valence-electron chi connectivity index (χ1n) is 7.10. The summed E-state index contributed by atoms with van der Waals surface area (Å²) in [5.74, 6) is 2.08. The second-order valence-corrected chi connectivity index (χ2v) is 5.57. The second-order valence-electron chi connectivity index (χ2n) is 4.58. The molecule has 1 heterocycles. The number of nitrogens with one attached hydrogen (secondary N) is 2. The molecule has 1 fully saturated rings. The highest BCUT2D eigenvalue weighted by Gasteiger charge is 2.08. The van der Waals surface area contributed by atoms with E-state index in [4.69, 9.17) is 0 Å². The molecule has 0 aromatic carbocycles. The summed E-state index contributed by atoms with van der Waals surface area (Å²) in [6, 6.07) is 0. The van der Waals surface area contributed by atoms with Crippen molar-refractivity contribution in [3.05, 3.63) is 0 Å². The van der Waals surface area contributed by atoms with E-state index in [9.17, 15) is 0 Å². The molecule has 0 aromatic heterocycles. The molecule has 0 amide bonds. The molecule has 0 unspecified atom stereocenters. The first-order chi connectivity index (χ1) is 8.86. The molecule has 0 bridgehead atoms. The van der Waals surface area contributed by atoms with Crippen molar-refractivity contribution in [1.29, 1.82) is 0 Å². The van der Waals surface area contributed by atoms with Crippen molar-refractivity contribution in [2.24, 2.45) is 4.99 Å². The smallest absolute Gasteiger partial charge is 0.191 e. The summed E-state index contributed by atoms with van der Waals surface area (Å²) in [5, 5.41) is 6.65. The maximum atomic E-state index is 4.62. The Morgan fingerprint density at radius 1 is 1.22 bits per heavy atom. The van der Waals surface area contributed by atoms with Crippen LogP contribution in [0, 0.1) is 0 Å². The van der Waals surface area contributed by atoms with Crippen LogP contribution in [0.15, 0.2) is 4.99 Å². The highest BCUT2D eigenvalue weighted by molar-refractivity contribution is 7.98. The maximum absolute atomic E-state index is 4.62. The number of aliphatic imine (C=N–C) groups is 1. The minimum Gasteiger partial charge on any atom is -0.357 e. The number of thioether (sulfide) groups is 1. The SMILES string of the molecule is CCNC(=NCCN1CCCCC1)NCCSC. The van der Waals surface area contributed by atoms with E-state index in [1.54, 1.807) is 0 Å². The Hall–Kier alpha value is -0.420. The Labute approximate surface area is 116 Å². The maximum Gasteiger partial charge on any atom is 0.191 e. The van der Waals surface area contributed by atoms with Gasteiger partial charge in [0.2, 0.25) is 0 Å². The summed E-state index contributed by atoms with van der Waals surface area (Å²) in [6.45, 7) is 8.52. The monoisotopic (exact) mass is 272 g/mol. The van der Waals surface area contributed by atoms with Crippen molar-refractivity contribution in [3.8, 4) is 0 Å². The number of hydrogen-bond acceptors (Lipinski definition) is 3. The van der Waals surface area contributed by atoms with Crippen molar-refractivity contribution < 1.29 is 0 Å². The van der Waals surface area contributed by atoms with Gasteiger partial charge in [-0.05, 0) is 39.1 Å². The normalized spacial score (nSPS) is 17.8. The molecule has 1 rings (SSSR count). The molecule has 0 radical (unpaired) electrons. The molecule has 0 aromatic rings. The van der Waals surface area contributed by atoms with Crippen LogP contribution in [0.1, 0.15) is 26.2 Å². The van der Waals surface area contributed by atoms with Crippen LogP contribution in [0.2, 0.25) is 0 Å². The molecule has 2 N–H and O–H groups in total. The Balaban J connectivity index is 2.20. The minimum atomic E-state index is 0.897. The first kappa shape index (κ1) is 15.6. The molecule has 106 valence electrons. The van der Waals surface area contributed by atoms with Gasteiger partial charge in [-0.25, -0.2) is 0 Å². The summed E-state index contributed by atoms with van der Waals surface area (Å²) in [5.41, 5.74) is 0. The van der Waals surface area contributed by atoms with E-state index >= 15 is 0 Å². The van der Waals surface area contributed by atoms with Crippen molar-refractivity contribution in [2.45, 2.75) is 26.2 Å². The number of nitrogens with zero attached hydrogens (tertiary/aromatic N) is 2. The number of likely N-dealkylation sites (tertiary alicyclic amines) is 1. The van der Waals surface area contributed by atoms with E-state index in [-0.39, 0.29) is 0 Å². The lowest BCUT2D eigenvalue weighted by Gasteiger charge is -2.25. The first-order valence-corrected chi connectivity index (χ1v) is 8.49. The van der Waals surface area contributed by atoms with Crippen LogP contribution in [-0.2, 0) is 0 Å². The predicted octanol–water partition coefficient (Wildman–Crippen LogP) is 1.39. The molecule has 0 spiro atoms.